The Kier molecular flexibility index (Phi) is 4.08. The van der Waals surface area contributed by atoms with E-state index in [0.29, 0.717) is 6.04 Å². The molecule has 2 aromatic carbocycles. The average molecular weight is 287 g/mol. The van der Waals surface area contributed by atoms with Crippen LogP contribution in [0.3, 0.4) is 0 Å². The van der Waals surface area contributed by atoms with Crippen molar-refractivity contribution in [2.75, 3.05) is 5.75 Å². The summed E-state index contributed by atoms with van der Waals surface area (Å²) in [5, 5.41) is 3.58. The highest BCUT2D eigenvalue weighted by Gasteiger charge is 2.22. The van der Waals surface area contributed by atoms with Crippen LogP contribution in [0.5, 0.6) is 0 Å². The molecule has 0 saturated heterocycles. The van der Waals surface area contributed by atoms with Crippen molar-refractivity contribution >= 4 is 11.8 Å². The van der Waals surface area contributed by atoms with Crippen LogP contribution in [0.2, 0.25) is 0 Å². The molecular weight excluding hydrogens is 269 g/mol. The van der Waals surface area contributed by atoms with Gasteiger partial charge in [-0.05, 0) is 36.8 Å². The molecule has 0 bridgehead atoms. The number of thioether (sulfide) groups is 1. The Bertz CT molecular complexity index is 599. The molecular formula is C17H18FNS. The maximum Gasteiger partial charge on any atom is 0.127 e. The Balaban J connectivity index is 1.81. The van der Waals surface area contributed by atoms with Gasteiger partial charge in [-0.1, -0.05) is 36.4 Å². The van der Waals surface area contributed by atoms with Gasteiger partial charge in [-0.2, -0.15) is 0 Å². The third-order valence-corrected chi connectivity index (χ3v) is 4.90. The molecule has 1 aliphatic rings. The first-order valence-electron chi connectivity index (χ1n) is 6.98. The van der Waals surface area contributed by atoms with Gasteiger partial charge < -0.3 is 5.32 Å². The number of benzene rings is 2. The maximum atomic E-state index is 13.8. The van der Waals surface area contributed by atoms with Gasteiger partial charge in [0.05, 0.1) is 0 Å². The summed E-state index contributed by atoms with van der Waals surface area (Å²) in [6.45, 7) is 2.03. The molecule has 3 heteroatoms. The van der Waals surface area contributed by atoms with E-state index in [-0.39, 0.29) is 11.9 Å². The largest absolute Gasteiger partial charge is 0.303 e. The zero-order chi connectivity index (χ0) is 13.9. The lowest BCUT2D eigenvalue weighted by atomic mass is 10.0. The second-order valence-electron chi connectivity index (χ2n) is 5.14. The molecule has 0 aliphatic carbocycles. The molecule has 0 amide bonds. The van der Waals surface area contributed by atoms with Crippen LogP contribution < -0.4 is 5.32 Å². The zero-order valence-electron chi connectivity index (χ0n) is 11.5. The summed E-state index contributed by atoms with van der Waals surface area (Å²) in [7, 11) is 0. The second-order valence-corrected chi connectivity index (χ2v) is 6.27. The smallest absolute Gasteiger partial charge is 0.127 e. The van der Waals surface area contributed by atoms with E-state index in [2.05, 4.69) is 29.6 Å². The molecule has 1 heterocycles. The Hall–Kier alpha value is -1.32. The third kappa shape index (κ3) is 2.74. The van der Waals surface area contributed by atoms with Gasteiger partial charge in [0.2, 0.25) is 0 Å². The molecule has 1 aliphatic heterocycles. The number of fused-ring (bicyclic) bond motifs is 1. The fraction of sp³-hybridized carbons (Fsp3) is 0.294. The van der Waals surface area contributed by atoms with E-state index in [9.17, 15) is 4.39 Å². The molecule has 20 heavy (non-hydrogen) atoms. The van der Waals surface area contributed by atoms with Gasteiger partial charge in [0, 0.05) is 22.5 Å². The van der Waals surface area contributed by atoms with Gasteiger partial charge in [0.15, 0.2) is 0 Å². The first-order chi connectivity index (χ1) is 9.75. The summed E-state index contributed by atoms with van der Waals surface area (Å²) in [4.78, 5) is 1.34. The van der Waals surface area contributed by atoms with Crippen molar-refractivity contribution < 1.29 is 4.39 Å². The normalized spacial score (nSPS) is 19.4. The molecule has 2 aromatic rings. The molecule has 0 aromatic heterocycles. The number of hydrogen-bond donors (Lipinski definition) is 1. The Morgan fingerprint density at radius 3 is 2.75 bits per heavy atom. The highest BCUT2D eigenvalue weighted by atomic mass is 32.2. The third-order valence-electron chi connectivity index (χ3n) is 3.78. The van der Waals surface area contributed by atoms with Crippen molar-refractivity contribution in [1.29, 1.82) is 0 Å². The Morgan fingerprint density at radius 2 is 1.90 bits per heavy atom. The minimum atomic E-state index is -0.133. The molecule has 0 saturated carbocycles. The van der Waals surface area contributed by atoms with Crippen molar-refractivity contribution in [2.24, 2.45) is 0 Å². The topological polar surface area (TPSA) is 12.0 Å². The van der Waals surface area contributed by atoms with Gasteiger partial charge in [0.25, 0.3) is 0 Å². The van der Waals surface area contributed by atoms with Crippen molar-refractivity contribution in [1.82, 2.24) is 5.32 Å². The lowest BCUT2D eigenvalue weighted by Crippen LogP contribution is -2.27. The summed E-state index contributed by atoms with van der Waals surface area (Å²) < 4.78 is 13.8. The van der Waals surface area contributed by atoms with E-state index in [1.54, 1.807) is 6.07 Å². The average Bonchev–Trinajstić information content (AvgIpc) is 2.48. The number of halogens is 1. The fourth-order valence-electron chi connectivity index (χ4n) is 2.73. The van der Waals surface area contributed by atoms with Gasteiger partial charge in [-0.25, -0.2) is 4.39 Å². The SMILES string of the molecule is CC(NC1CCSc2ccccc21)c1ccccc1F. The van der Waals surface area contributed by atoms with E-state index in [4.69, 9.17) is 0 Å². The quantitative estimate of drug-likeness (QED) is 0.877. The zero-order valence-corrected chi connectivity index (χ0v) is 12.3. The summed E-state index contributed by atoms with van der Waals surface area (Å²) in [6, 6.07) is 15.8. The van der Waals surface area contributed by atoms with Gasteiger partial charge in [-0.15, -0.1) is 11.8 Å². The van der Waals surface area contributed by atoms with Gasteiger partial charge in [0.1, 0.15) is 5.82 Å². The van der Waals surface area contributed by atoms with Gasteiger partial charge in [-0.3, -0.25) is 0 Å². The summed E-state index contributed by atoms with van der Waals surface area (Å²) in [5.74, 6) is 0.976. The summed E-state index contributed by atoms with van der Waals surface area (Å²) >= 11 is 1.90. The molecule has 104 valence electrons. The molecule has 3 rings (SSSR count). The lowest BCUT2D eigenvalue weighted by Gasteiger charge is -2.29. The number of nitrogens with one attached hydrogen (secondary N) is 1. The van der Waals surface area contributed by atoms with Crippen molar-refractivity contribution in [3.8, 4) is 0 Å². The minimum Gasteiger partial charge on any atom is -0.303 e. The van der Waals surface area contributed by atoms with Crippen molar-refractivity contribution in [2.45, 2.75) is 30.3 Å². The summed E-state index contributed by atoms with van der Waals surface area (Å²) in [6.07, 6.45) is 1.08. The van der Waals surface area contributed by atoms with Crippen molar-refractivity contribution in [3.05, 3.63) is 65.5 Å². The predicted octanol–water partition coefficient (Wildman–Crippen LogP) is 4.71. The van der Waals surface area contributed by atoms with Crippen LogP contribution >= 0.6 is 11.8 Å². The van der Waals surface area contributed by atoms with E-state index >= 15 is 0 Å². The minimum absolute atomic E-state index is 0.0114. The van der Waals surface area contributed by atoms with Crippen LogP contribution in [0.1, 0.15) is 36.6 Å². The monoisotopic (exact) mass is 287 g/mol. The van der Waals surface area contributed by atoms with E-state index in [0.717, 1.165) is 17.7 Å². The van der Waals surface area contributed by atoms with Crippen LogP contribution in [0, 0.1) is 5.82 Å². The maximum absolute atomic E-state index is 13.8. The molecule has 0 fully saturated rings. The van der Waals surface area contributed by atoms with Crippen LogP contribution in [-0.4, -0.2) is 5.75 Å². The summed E-state index contributed by atoms with van der Waals surface area (Å²) in [5.41, 5.74) is 2.08. The fourth-order valence-corrected chi connectivity index (χ4v) is 3.86. The first kappa shape index (κ1) is 13.7. The first-order valence-corrected chi connectivity index (χ1v) is 7.96. The van der Waals surface area contributed by atoms with Gasteiger partial charge >= 0.3 is 0 Å². The lowest BCUT2D eigenvalue weighted by molar-refractivity contribution is 0.437. The molecule has 0 radical (unpaired) electrons. The van der Waals surface area contributed by atoms with Crippen LogP contribution in [0.25, 0.3) is 0 Å². The van der Waals surface area contributed by atoms with Crippen LogP contribution in [0.15, 0.2) is 53.4 Å². The Morgan fingerprint density at radius 1 is 1.15 bits per heavy atom. The molecule has 2 atom stereocenters. The standard InChI is InChI=1S/C17H18FNS/c1-12(13-6-2-4-8-15(13)18)19-16-10-11-20-17-9-5-3-7-14(16)17/h2-9,12,16,19H,10-11H2,1H3. The number of hydrogen-bond acceptors (Lipinski definition) is 2. The highest BCUT2D eigenvalue weighted by Crippen LogP contribution is 2.37. The predicted molar refractivity (Wildman–Crippen MR) is 82.5 cm³/mol. The molecule has 1 N–H and O–H groups in total. The molecule has 2 unspecified atom stereocenters. The van der Waals surface area contributed by atoms with Crippen LogP contribution in [0.4, 0.5) is 4.39 Å². The van der Waals surface area contributed by atoms with E-state index < -0.39 is 0 Å². The van der Waals surface area contributed by atoms with Crippen molar-refractivity contribution in [3.63, 3.8) is 0 Å². The van der Waals surface area contributed by atoms with Crippen LogP contribution in [-0.2, 0) is 0 Å². The Labute approximate surface area is 123 Å². The second kappa shape index (κ2) is 5.98. The molecule has 1 nitrogen and oxygen atoms in total. The van der Waals surface area contributed by atoms with E-state index in [1.807, 2.05) is 30.8 Å². The van der Waals surface area contributed by atoms with E-state index in [1.165, 1.54) is 16.5 Å². The highest BCUT2D eigenvalue weighted by molar-refractivity contribution is 7.99. The number of rotatable bonds is 3. The molecule has 0 spiro atoms.